The first-order valence-electron chi connectivity index (χ1n) is 11.0. The van der Waals surface area contributed by atoms with Crippen molar-refractivity contribution in [1.29, 1.82) is 0 Å². The Kier molecular flexibility index (Phi) is 9.90. The summed E-state index contributed by atoms with van der Waals surface area (Å²) in [5.74, 6) is 1.36. The zero-order chi connectivity index (χ0) is 25.5. The molecule has 0 aliphatic carbocycles. The first-order chi connectivity index (χ1) is 16.1. The Bertz CT molecular complexity index is 885. The molecule has 7 nitrogen and oxygen atoms in total. The zero-order valence-corrected chi connectivity index (χ0v) is 22.2. The van der Waals surface area contributed by atoms with Gasteiger partial charge < -0.3 is 23.5 Å². The highest BCUT2D eigenvalue weighted by molar-refractivity contribution is 7.86. The molecule has 186 valence electrons. The summed E-state index contributed by atoms with van der Waals surface area (Å²) in [5, 5.41) is 0. The smallest absolute Gasteiger partial charge is 0.227 e. The van der Waals surface area contributed by atoms with Crippen molar-refractivity contribution in [2.45, 2.75) is 34.1 Å². The predicted octanol–water partition coefficient (Wildman–Crippen LogP) is 6.19. The van der Waals surface area contributed by atoms with Crippen LogP contribution in [0.5, 0.6) is 23.0 Å². The van der Waals surface area contributed by atoms with Crippen LogP contribution >= 0.6 is 8.15 Å². The van der Waals surface area contributed by atoms with Gasteiger partial charge in [-0.1, -0.05) is 39.8 Å². The molecule has 0 spiro atoms. The lowest BCUT2D eigenvalue weighted by Gasteiger charge is -2.25. The van der Waals surface area contributed by atoms with Crippen molar-refractivity contribution in [3.05, 3.63) is 47.5 Å². The van der Waals surface area contributed by atoms with E-state index >= 15 is 0 Å². The third-order valence-electron chi connectivity index (χ3n) is 5.10. The minimum absolute atomic E-state index is 0.0806. The van der Waals surface area contributed by atoms with Crippen molar-refractivity contribution in [3.8, 4) is 23.0 Å². The summed E-state index contributed by atoms with van der Waals surface area (Å²) in [6, 6.07) is 10.0. The van der Waals surface area contributed by atoms with Crippen LogP contribution in [0, 0.1) is 11.3 Å². The Morgan fingerprint density at radius 2 is 1.12 bits per heavy atom. The van der Waals surface area contributed by atoms with Crippen LogP contribution in [0.2, 0.25) is 0 Å². The van der Waals surface area contributed by atoms with E-state index in [-0.39, 0.29) is 29.1 Å². The van der Waals surface area contributed by atoms with E-state index in [0.29, 0.717) is 23.0 Å². The second kappa shape index (κ2) is 12.2. The second-order valence-electron chi connectivity index (χ2n) is 9.15. The monoisotopic (exact) mass is 490 g/mol. The highest BCUT2D eigenvalue weighted by atomic mass is 31.1. The van der Waals surface area contributed by atoms with Crippen LogP contribution in [0.15, 0.2) is 36.4 Å². The molecule has 0 N–H and O–H groups in total. The van der Waals surface area contributed by atoms with Gasteiger partial charge in [0.1, 0.15) is 34.1 Å². The third-order valence-corrected chi connectivity index (χ3v) is 6.69. The van der Waals surface area contributed by atoms with E-state index in [9.17, 15) is 9.59 Å². The summed E-state index contributed by atoms with van der Waals surface area (Å²) >= 11 is 0. The predicted molar refractivity (Wildman–Crippen MR) is 134 cm³/mol. The summed E-state index contributed by atoms with van der Waals surface area (Å²) in [7, 11) is 3.56. The normalized spacial score (nSPS) is 12.3. The summed E-state index contributed by atoms with van der Waals surface area (Å²) in [6.07, 6.45) is 0.870. The van der Waals surface area contributed by atoms with Crippen molar-refractivity contribution in [1.82, 2.24) is 0 Å². The van der Waals surface area contributed by atoms with E-state index in [2.05, 4.69) is 20.8 Å². The van der Waals surface area contributed by atoms with Crippen LogP contribution in [0.4, 0.5) is 0 Å². The molecule has 1 unspecified atom stereocenters. The molecule has 2 aromatic rings. The molecule has 0 amide bonds. The van der Waals surface area contributed by atoms with Gasteiger partial charge in [-0.2, -0.15) is 0 Å². The quantitative estimate of drug-likeness (QED) is 0.328. The van der Waals surface area contributed by atoms with Gasteiger partial charge >= 0.3 is 0 Å². The SMILES string of the molecule is COc1cccc(OC)c1C(=O)P(OCC(C)CC(C)(C)C)C(=O)c1c(OC)cccc1OC. The van der Waals surface area contributed by atoms with Gasteiger partial charge in [0.2, 0.25) is 11.0 Å². The number of hydrogen-bond acceptors (Lipinski definition) is 7. The first-order valence-corrected chi connectivity index (χ1v) is 12.3. The second-order valence-corrected chi connectivity index (χ2v) is 10.8. The maximum Gasteiger partial charge on any atom is 0.227 e. The fourth-order valence-corrected chi connectivity index (χ4v) is 5.51. The Morgan fingerprint density at radius 3 is 1.41 bits per heavy atom. The minimum Gasteiger partial charge on any atom is -0.496 e. The molecule has 0 aliphatic heterocycles. The van der Waals surface area contributed by atoms with Gasteiger partial charge in [0.05, 0.1) is 35.0 Å². The highest BCUT2D eigenvalue weighted by Gasteiger charge is 2.37. The van der Waals surface area contributed by atoms with Gasteiger partial charge in [0.25, 0.3) is 0 Å². The number of carbonyl (C=O) groups is 2. The minimum atomic E-state index is -2.30. The number of carbonyl (C=O) groups excluding carboxylic acids is 2. The molecule has 2 rings (SSSR count). The van der Waals surface area contributed by atoms with E-state index in [1.165, 1.54) is 28.4 Å². The molecule has 0 aliphatic rings. The van der Waals surface area contributed by atoms with E-state index in [1.807, 2.05) is 6.92 Å². The van der Waals surface area contributed by atoms with Gasteiger partial charge in [0, 0.05) is 0 Å². The summed E-state index contributed by atoms with van der Waals surface area (Å²) in [5.41, 5.74) is -0.568. The molecule has 0 aromatic heterocycles. The molecule has 0 saturated carbocycles. The highest BCUT2D eigenvalue weighted by Crippen LogP contribution is 2.51. The average molecular weight is 491 g/mol. The number of ether oxygens (including phenoxy) is 4. The first kappa shape index (κ1) is 27.6. The lowest BCUT2D eigenvalue weighted by Crippen LogP contribution is -2.18. The summed E-state index contributed by atoms with van der Waals surface area (Å²) < 4.78 is 27.8. The topological polar surface area (TPSA) is 80.3 Å². The average Bonchev–Trinajstić information content (AvgIpc) is 2.81. The van der Waals surface area contributed by atoms with Crippen molar-refractivity contribution in [3.63, 3.8) is 0 Å². The molecule has 0 bridgehead atoms. The van der Waals surface area contributed by atoms with Crippen LogP contribution in [0.1, 0.15) is 54.8 Å². The van der Waals surface area contributed by atoms with Gasteiger partial charge in [0.15, 0.2) is 8.15 Å². The van der Waals surface area contributed by atoms with Crippen LogP contribution < -0.4 is 18.9 Å². The zero-order valence-electron chi connectivity index (χ0n) is 21.3. The van der Waals surface area contributed by atoms with Gasteiger partial charge in [-0.3, -0.25) is 9.59 Å². The Morgan fingerprint density at radius 1 is 0.765 bits per heavy atom. The molecular weight excluding hydrogens is 455 g/mol. The summed E-state index contributed by atoms with van der Waals surface area (Å²) in [4.78, 5) is 27.7. The van der Waals surface area contributed by atoms with Crippen LogP contribution in [0.3, 0.4) is 0 Å². The fraction of sp³-hybridized carbons (Fsp3) is 0.462. The van der Waals surface area contributed by atoms with Crippen LogP contribution in [0.25, 0.3) is 0 Å². The van der Waals surface area contributed by atoms with E-state index < -0.39 is 19.2 Å². The maximum absolute atomic E-state index is 13.9. The van der Waals surface area contributed by atoms with Crippen molar-refractivity contribution >= 4 is 19.2 Å². The molecule has 0 radical (unpaired) electrons. The molecule has 0 saturated heterocycles. The van der Waals surface area contributed by atoms with Crippen LogP contribution in [-0.2, 0) is 4.52 Å². The number of rotatable bonds is 12. The summed E-state index contributed by atoms with van der Waals surface area (Å²) in [6.45, 7) is 8.71. The van der Waals surface area contributed by atoms with Gasteiger partial charge in [-0.25, -0.2) is 0 Å². The largest absolute Gasteiger partial charge is 0.496 e. The van der Waals surface area contributed by atoms with Crippen molar-refractivity contribution < 1.29 is 33.1 Å². The fourth-order valence-electron chi connectivity index (χ4n) is 3.84. The Hall–Kier alpha value is -2.63. The number of benzene rings is 2. The van der Waals surface area contributed by atoms with Gasteiger partial charge in [-0.15, -0.1) is 0 Å². The van der Waals surface area contributed by atoms with E-state index in [0.717, 1.165) is 6.42 Å². The number of methoxy groups -OCH3 is 4. The molecular formula is C26H35O7P. The molecule has 0 heterocycles. The van der Waals surface area contributed by atoms with E-state index in [4.69, 9.17) is 23.5 Å². The third kappa shape index (κ3) is 6.71. The van der Waals surface area contributed by atoms with Crippen LogP contribution in [-0.4, -0.2) is 46.1 Å². The maximum atomic E-state index is 13.9. The number of hydrogen-bond donors (Lipinski definition) is 0. The van der Waals surface area contributed by atoms with Crippen molar-refractivity contribution in [2.24, 2.45) is 11.3 Å². The Labute approximate surface area is 203 Å². The lowest BCUT2D eigenvalue weighted by atomic mass is 9.86. The van der Waals surface area contributed by atoms with E-state index in [1.54, 1.807) is 36.4 Å². The molecule has 2 aromatic carbocycles. The standard InChI is InChI=1S/C26H35O7P/c1-17(15-26(2,3)4)16-33-34(24(27)22-18(29-5)11-9-12-19(22)30-6)25(28)23-20(31-7)13-10-14-21(23)32-8/h9-14,17H,15-16H2,1-8H3. The lowest BCUT2D eigenvalue weighted by molar-refractivity contribution is 0.101. The molecule has 0 fully saturated rings. The van der Waals surface area contributed by atoms with Gasteiger partial charge in [-0.05, 0) is 42.0 Å². The Balaban J connectivity index is 2.56. The molecule has 8 heteroatoms. The molecule has 1 atom stereocenters. The van der Waals surface area contributed by atoms with Crippen molar-refractivity contribution in [2.75, 3.05) is 35.0 Å². The molecule has 34 heavy (non-hydrogen) atoms.